The van der Waals surface area contributed by atoms with Gasteiger partial charge in [-0.15, -0.1) is 0 Å². The SMILES string of the molecule is COc1ccc(CNC(=O)C2CCN(Cc3nc(-c4ccc(C)cc4)no3)CC2)c(OC)c1OC. The van der Waals surface area contributed by atoms with Crippen molar-refractivity contribution in [3.8, 4) is 28.6 Å². The predicted octanol–water partition coefficient (Wildman–Crippen LogP) is 3.60. The van der Waals surface area contributed by atoms with E-state index in [-0.39, 0.29) is 11.8 Å². The monoisotopic (exact) mass is 480 g/mol. The average molecular weight is 481 g/mol. The number of benzene rings is 2. The molecule has 35 heavy (non-hydrogen) atoms. The van der Waals surface area contributed by atoms with Gasteiger partial charge in [-0.1, -0.05) is 35.0 Å². The van der Waals surface area contributed by atoms with Gasteiger partial charge in [0.2, 0.25) is 23.4 Å². The largest absolute Gasteiger partial charge is 0.493 e. The summed E-state index contributed by atoms with van der Waals surface area (Å²) in [6.07, 6.45) is 1.54. The number of carbonyl (C=O) groups is 1. The Labute approximate surface area is 205 Å². The quantitative estimate of drug-likeness (QED) is 0.496. The Morgan fingerprint density at radius 1 is 1.03 bits per heavy atom. The Balaban J connectivity index is 1.28. The molecule has 0 unspecified atom stereocenters. The number of nitrogens with zero attached hydrogens (tertiary/aromatic N) is 3. The highest BCUT2D eigenvalue weighted by molar-refractivity contribution is 5.79. The molecule has 1 amide bonds. The van der Waals surface area contributed by atoms with Gasteiger partial charge < -0.3 is 24.1 Å². The van der Waals surface area contributed by atoms with E-state index in [0.717, 1.165) is 37.1 Å². The van der Waals surface area contributed by atoms with Crippen LogP contribution in [0.4, 0.5) is 0 Å². The molecule has 4 rings (SSSR count). The molecule has 1 aliphatic heterocycles. The van der Waals surface area contributed by atoms with Crippen LogP contribution in [-0.4, -0.2) is 55.4 Å². The van der Waals surface area contributed by atoms with Crippen molar-refractivity contribution in [3.05, 3.63) is 53.4 Å². The van der Waals surface area contributed by atoms with Gasteiger partial charge in [-0.3, -0.25) is 9.69 Å². The fraction of sp³-hybridized carbons (Fsp3) is 0.423. The van der Waals surface area contributed by atoms with Gasteiger partial charge in [0.25, 0.3) is 0 Å². The highest BCUT2D eigenvalue weighted by Gasteiger charge is 2.26. The van der Waals surface area contributed by atoms with Gasteiger partial charge in [0, 0.05) is 23.6 Å². The maximum Gasteiger partial charge on any atom is 0.241 e. The third-order valence-electron chi connectivity index (χ3n) is 6.33. The van der Waals surface area contributed by atoms with Gasteiger partial charge in [0.1, 0.15) is 0 Å². The van der Waals surface area contributed by atoms with Crippen LogP contribution >= 0.6 is 0 Å². The number of methoxy groups -OCH3 is 3. The molecule has 3 aromatic rings. The van der Waals surface area contributed by atoms with Crippen molar-refractivity contribution in [2.45, 2.75) is 32.9 Å². The lowest BCUT2D eigenvalue weighted by atomic mass is 9.96. The number of aromatic nitrogens is 2. The Bertz CT molecular complexity index is 1140. The average Bonchev–Trinajstić information content (AvgIpc) is 3.35. The van der Waals surface area contributed by atoms with Crippen LogP contribution in [-0.2, 0) is 17.9 Å². The molecule has 0 atom stereocenters. The van der Waals surface area contributed by atoms with Crippen LogP contribution in [0, 0.1) is 12.8 Å². The minimum atomic E-state index is -0.0387. The second kappa shape index (κ2) is 11.2. The number of rotatable bonds is 9. The zero-order valence-corrected chi connectivity index (χ0v) is 20.7. The normalized spacial score (nSPS) is 14.5. The molecule has 0 spiro atoms. The Morgan fingerprint density at radius 3 is 2.40 bits per heavy atom. The number of carbonyl (C=O) groups excluding carboxylic acids is 1. The molecule has 9 heteroatoms. The van der Waals surface area contributed by atoms with Crippen molar-refractivity contribution in [1.29, 1.82) is 0 Å². The van der Waals surface area contributed by atoms with Gasteiger partial charge in [-0.05, 0) is 45.0 Å². The summed E-state index contributed by atoms with van der Waals surface area (Å²) in [5.41, 5.74) is 2.95. The zero-order valence-electron chi connectivity index (χ0n) is 20.7. The molecule has 0 saturated carbocycles. The van der Waals surface area contributed by atoms with Gasteiger partial charge in [0.05, 0.1) is 27.9 Å². The molecule has 0 aliphatic carbocycles. The molecule has 1 fully saturated rings. The van der Waals surface area contributed by atoms with Crippen molar-refractivity contribution in [1.82, 2.24) is 20.4 Å². The lowest BCUT2D eigenvalue weighted by molar-refractivity contribution is -0.126. The van der Waals surface area contributed by atoms with Crippen LogP contribution in [0.1, 0.15) is 29.9 Å². The van der Waals surface area contributed by atoms with Crippen molar-refractivity contribution in [2.24, 2.45) is 5.92 Å². The van der Waals surface area contributed by atoms with E-state index >= 15 is 0 Å². The molecule has 2 aromatic carbocycles. The molecular weight excluding hydrogens is 448 g/mol. The fourth-order valence-electron chi connectivity index (χ4n) is 4.31. The number of aryl methyl sites for hydroxylation is 1. The van der Waals surface area contributed by atoms with Crippen molar-refractivity contribution in [2.75, 3.05) is 34.4 Å². The standard InChI is InChI=1S/C26H32N4O5/c1-17-5-7-18(8-6-17)25-28-22(35-29-25)16-30-13-11-19(12-14-30)26(31)27-15-20-9-10-21(32-2)24(34-4)23(20)33-3/h5-10,19H,11-16H2,1-4H3,(H,27,31). The molecule has 9 nitrogen and oxygen atoms in total. The highest BCUT2D eigenvalue weighted by atomic mass is 16.5. The van der Waals surface area contributed by atoms with Crippen molar-refractivity contribution < 1.29 is 23.5 Å². The summed E-state index contributed by atoms with van der Waals surface area (Å²) in [6, 6.07) is 11.7. The molecular formula is C26H32N4O5. The van der Waals surface area contributed by atoms with Gasteiger partial charge in [-0.25, -0.2) is 0 Å². The second-order valence-corrected chi connectivity index (χ2v) is 8.64. The van der Waals surface area contributed by atoms with E-state index in [0.29, 0.717) is 42.1 Å². The molecule has 1 aromatic heterocycles. The van der Waals surface area contributed by atoms with Crippen LogP contribution in [0.15, 0.2) is 40.9 Å². The van der Waals surface area contributed by atoms with Crippen LogP contribution in [0.2, 0.25) is 0 Å². The lowest BCUT2D eigenvalue weighted by Crippen LogP contribution is -2.40. The summed E-state index contributed by atoms with van der Waals surface area (Å²) in [7, 11) is 4.71. The first-order valence-corrected chi connectivity index (χ1v) is 11.7. The minimum absolute atomic E-state index is 0.0387. The van der Waals surface area contributed by atoms with Gasteiger partial charge >= 0.3 is 0 Å². The number of amides is 1. The Kier molecular flexibility index (Phi) is 7.87. The second-order valence-electron chi connectivity index (χ2n) is 8.64. The molecule has 1 N–H and O–H groups in total. The first-order valence-electron chi connectivity index (χ1n) is 11.7. The topological polar surface area (TPSA) is 99.0 Å². The van der Waals surface area contributed by atoms with E-state index < -0.39 is 0 Å². The molecule has 0 radical (unpaired) electrons. The first kappa shape index (κ1) is 24.5. The fourth-order valence-corrected chi connectivity index (χ4v) is 4.31. The maximum absolute atomic E-state index is 12.8. The van der Waals surface area contributed by atoms with Crippen molar-refractivity contribution in [3.63, 3.8) is 0 Å². The van der Waals surface area contributed by atoms with Crippen LogP contribution < -0.4 is 19.5 Å². The summed E-state index contributed by atoms with van der Waals surface area (Å²) < 4.78 is 21.7. The molecule has 0 bridgehead atoms. The van der Waals surface area contributed by atoms with E-state index in [9.17, 15) is 4.79 Å². The smallest absolute Gasteiger partial charge is 0.241 e. The first-order chi connectivity index (χ1) is 17.0. The molecule has 1 aliphatic rings. The Morgan fingerprint density at radius 2 is 1.74 bits per heavy atom. The van der Waals surface area contributed by atoms with Gasteiger partial charge in [0.15, 0.2) is 11.5 Å². The van der Waals surface area contributed by atoms with Crippen molar-refractivity contribution >= 4 is 5.91 Å². The Hall–Kier alpha value is -3.59. The third-order valence-corrected chi connectivity index (χ3v) is 6.33. The molecule has 186 valence electrons. The summed E-state index contributed by atoms with van der Waals surface area (Å²) >= 11 is 0. The number of hydrogen-bond acceptors (Lipinski definition) is 8. The minimum Gasteiger partial charge on any atom is -0.493 e. The van der Waals surface area contributed by atoms with E-state index in [2.05, 4.69) is 20.4 Å². The number of nitrogens with one attached hydrogen (secondary N) is 1. The number of hydrogen-bond donors (Lipinski definition) is 1. The summed E-state index contributed by atoms with van der Waals surface area (Å²) in [4.78, 5) is 19.6. The number of piperidine rings is 1. The zero-order chi connectivity index (χ0) is 24.8. The summed E-state index contributed by atoms with van der Waals surface area (Å²) in [5, 5.41) is 7.16. The van der Waals surface area contributed by atoms with Gasteiger partial charge in [-0.2, -0.15) is 4.98 Å². The maximum atomic E-state index is 12.8. The van der Waals surface area contributed by atoms with Crippen LogP contribution in [0.3, 0.4) is 0 Å². The predicted molar refractivity (Wildman–Crippen MR) is 130 cm³/mol. The van der Waals surface area contributed by atoms with E-state index in [1.165, 1.54) is 5.56 Å². The summed E-state index contributed by atoms with van der Waals surface area (Å²) in [5.74, 6) is 2.85. The van der Waals surface area contributed by atoms with Crippen LogP contribution in [0.25, 0.3) is 11.4 Å². The van der Waals surface area contributed by atoms with Crippen LogP contribution in [0.5, 0.6) is 17.2 Å². The highest BCUT2D eigenvalue weighted by Crippen LogP contribution is 2.39. The third kappa shape index (κ3) is 5.74. The molecule has 1 saturated heterocycles. The lowest BCUT2D eigenvalue weighted by Gasteiger charge is -2.30. The van der Waals surface area contributed by atoms with E-state index in [1.807, 2.05) is 43.3 Å². The number of ether oxygens (including phenoxy) is 3. The van der Waals surface area contributed by atoms with E-state index in [4.69, 9.17) is 18.7 Å². The summed E-state index contributed by atoms with van der Waals surface area (Å²) in [6.45, 7) is 4.56. The number of likely N-dealkylation sites (tertiary alicyclic amines) is 1. The molecule has 2 heterocycles. The van der Waals surface area contributed by atoms with E-state index in [1.54, 1.807) is 21.3 Å².